The molecule has 0 spiro atoms. The van der Waals surface area contributed by atoms with Crippen LogP contribution in [0.5, 0.6) is 0 Å². The molecule has 0 saturated carbocycles. The van der Waals surface area contributed by atoms with Gasteiger partial charge in [0.1, 0.15) is 0 Å². The van der Waals surface area contributed by atoms with Crippen molar-refractivity contribution in [1.29, 1.82) is 0 Å². The van der Waals surface area contributed by atoms with Gasteiger partial charge in [-0.05, 0) is 63.0 Å². The number of rotatable bonds is 3. The molecule has 0 amide bonds. The van der Waals surface area contributed by atoms with E-state index in [-0.39, 0.29) is 5.38 Å². The summed E-state index contributed by atoms with van der Waals surface area (Å²) in [5.41, 5.74) is 2.30. The van der Waals surface area contributed by atoms with Gasteiger partial charge in [-0.3, -0.25) is 0 Å². The molecule has 0 fully saturated rings. The fourth-order valence-electron chi connectivity index (χ4n) is 2.40. The molecule has 3 rings (SSSR count). The number of fused-ring (bicyclic) bond motifs is 1. The molecule has 106 valence electrons. The molecule has 0 aliphatic rings. The van der Waals surface area contributed by atoms with Crippen LogP contribution >= 0.6 is 45.8 Å². The minimum atomic E-state index is -0.0688. The summed E-state index contributed by atoms with van der Waals surface area (Å²) in [5, 5.41) is 3.20. The van der Waals surface area contributed by atoms with Crippen LogP contribution in [0.15, 0.2) is 60.7 Å². The Hall–Kier alpha value is -0.770. The topological polar surface area (TPSA) is 0 Å². The molecular weight excluding hydrogens is 414 g/mol. The summed E-state index contributed by atoms with van der Waals surface area (Å²) >= 11 is 15.0. The van der Waals surface area contributed by atoms with Gasteiger partial charge in [-0.15, -0.1) is 11.6 Å². The molecule has 21 heavy (non-hydrogen) atoms. The van der Waals surface area contributed by atoms with Gasteiger partial charge in [0.2, 0.25) is 0 Å². The van der Waals surface area contributed by atoms with E-state index in [1.165, 1.54) is 16.3 Å². The summed E-state index contributed by atoms with van der Waals surface area (Å²) in [4.78, 5) is 0. The van der Waals surface area contributed by atoms with Gasteiger partial charge in [-0.25, -0.2) is 0 Å². The number of hydrogen-bond acceptors (Lipinski definition) is 0. The highest BCUT2D eigenvalue weighted by atomic mass is 127. The largest absolute Gasteiger partial charge is 0.117 e. The molecule has 1 unspecified atom stereocenters. The zero-order valence-electron chi connectivity index (χ0n) is 11.2. The molecular formula is C18H13Cl2I. The van der Waals surface area contributed by atoms with Crippen molar-refractivity contribution in [1.82, 2.24) is 0 Å². The molecule has 0 bridgehead atoms. The number of alkyl halides is 1. The molecule has 0 aromatic heterocycles. The highest BCUT2D eigenvalue weighted by Gasteiger charge is 2.11. The Morgan fingerprint density at radius 3 is 2.43 bits per heavy atom. The Morgan fingerprint density at radius 2 is 1.67 bits per heavy atom. The fourth-order valence-corrected chi connectivity index (χ4v) is 3.24. The lowest BCUT2D eigenvalue weighted by molar-refractivity contribution is 0.921. The van der Waals surface area contributed by atoms with Gasteiger partial charge in [-0.2, -0.15) is 0 Å². The second-order valence-electron chi connectivity index (χ2n) is 5.03. The molecule has 0 nitrogen and oxygen atoms in total. The van der Waals surface area contributed by atoms with E-state index in [0.717, 1.165) is 20.6 Å². The SMILES string of the molecule is Clc1cc(C(Cl)Cc2ccc3ccccc3c2)ccc1I. The summed E-state index contributed by atoms with van der Waals surface area (Å²) in [5.74, 6) is 0. The van der Waals surface area contributed by atoms with Crippen molar-refractivity contribution in [3.63, 3.8) is 0 Å². The maximum Gasteiger partial charge on any atom is 0.0626 e. The van der Waals surface area contributed by atoms with E-state index in [0.29, 0.717) is 0 Å². The van der Waals surface area contributed by atoms with E-state index in [9.17, 15) is 0 Å². The van der Waals surface area contributed by atoms with Crippen LogP contribution in [-0.4, -0.2) is 0 Å². The van der Waals surface area contributed by atoms with Crippen LogP contribution in [-0.2, 0) is 6.42 Å². The van der Waals surface area contributed by atoms with E-state index in [2.05, 4.69) is 65.1 Å². The normalized spacial score (nSPS) is 12.5. The van der Waals surface area contributed by atoms with E-state index in [4.69, 9.17) is 23.2 Å². The van der Waals surface area contributed by atoms with Gasteiger partial charge in [0.25, 0.3) is 0 Å². The lowest BCUT2D eigenvalue weighted by atomic mass is 10.0. The maximum absolute atomic E-state index is 6.56. The zero-order chi connectivity index (χ0) is 14.8. The monoisotopic (exact) mass is 426 g/mol. The van der Waals surface area contributed by atoms with Crippen molar-refractivity contribution in [3.8, 4) is 0 Å². The standard InChI is InChI=1S/C18H13Cl2I/c19-16(15-7-8-18(21)17(20)11-15)10-12-5-6-13-3-1-2-4-14(13)9-12/h1-9,11,16H,10H2. The molecule has 3 heteroatoms. The van der Waals surface area contributed by atoms with Crippen molar-refractivity contribution in [3.05, 3.63) is 80.4 Å². The first-order chi connectivity index (χ1) is 10.1. The fraction of sp³-hybridized carbons (Fsp3) is 0.111. The van der Waals surface area contributed by atoms with Gasteiger partial charge in [0.15, 0.2) is 0 Å². The first kappa shape index (κ1) is 15.1. The molecule has 0 heterocycles. The maximum atomic E-state index is 6.56. The Labute approximate surface area is 148 Å². The third-order valence-corrected chi connectivity index (χ3v) is 5.51. The predicted molar refractivity (Wildman–Crippen MR) is 100 cm³/mol. The second-order valence-corrected chi connectivity index (χ2v) is 7.12. The van der Waals surface area contributed by atoms with E-state index in [1.54, 1.807) is 0 Å². The molecule has 0 radical (unpaired) electrons. The quantitative estimate of drug-likeness (QED) is 0.326. The Bertz CT molecular complexity index is 783. The average molecular weight is 427 g/mol. The Balaban J connectivity index is 1.85. The van der Waals surface area contributed by atoms with Gasteiger partial charge < -0.3 is 0 Å². The number of benzene rings is 3. The molecule has 0 aliphatic heterocycles. The first-order valence-electron chi connectivity index (χ1n) is 6.70. The summed E-state index contributed by atoms with van der Waals surface area (Å²) in [6.45, 7) is 0. The Morgan fingerprint density at radius 1 is 0.905 bits per heavy atom. The predicted octanol–water partition coefficient (Wildman–Crippen LogP) is 6.62. The van der Waals surface area contributed by atoms with Crippen LogP contribution in [0.4, 0.5) is 0 Å². The van der Waals surface area contributed by atoms with Crippen LogP contribution in [0, 0.1) is 3.57 Å². The minimum absolute atomic E-state index is 0.0688. The van der Waals surface area contributed by atoms with Crippen LogP contribution < -0.4 is 0 Å². The van der Waals surface area contributed by atoms with Crippen molar-refractivity contribution in [2.45, 2.75) is 11.8 Å². The molecule has 1 atom stereocenters. The Kier molecular flexibility index (Phi) is 4.72. The van der Waals surface area contributed by atoms with Crippen molar-refractivity contribution < 1.29 is 0 Å². The number of halogens is 3. The zero-order valence-corrected chi connectivity index (χ0v) is 14.9. The smallest absolute Gasteiger partial charge is 0.0626 e. The molecule has 0 saturated heterocycles. The number of hydrogen-bond donors (Lipinski definition) is 0. The van der Waals surface area contributed by atoms with Gasteiger partial charge in [0.05, 0.1) is 10.4 Å². The molecule has 3 aromatic carbocycles. The minimum Gasteiger partial charge on any atom is -0.117 e. The van der Waals surface area contributed by atoms with Crippen LogP contribution in [0.25, 0.3) is 10.8 Å². The van der Waals surface area contributed by atoms with Crippen molar-refractivity contribution in [2.24, 2.45) is 0 Å². The van der Waals surface area contributed by atoms with Crippen molar-refractivity contribution >= 4 is 56.6 Å². The molecule has 3 aromatic rings. The lowest BCUT2D eigenvalue weighted by Crippen LogP contribution is -1.96. The van der Waals surface area contributed by atoms with E-state index >= 15 is 0 Å². The van der Waals surface area contributed by atoms with Crippen LogP contribution in [0.2, 0.25) is 5.02 Å². The third kappa shape index (κ3) is 3.53. The van der Waals surface area contributed by atoms with Crippen molar-refractivity contribution in [2.75, 3.05) is 0 Å². The second kappa shape index (κ2) is 6.55. The summed E-state index contributed by atoms with van der Waals surface area (Å²) in [6, 6.07) is 20.9. The van der Waals surface area contributed by atoms with Crippen LogP contribution in [0.3, 0.4) is 0 Å². The summed E-state index contributed by atoms with van der Waals surface area (Å²) in [6.07, 6.45) is 0.795. The highest BCUT2D eigenvalue weighted by molar-refractivity contribution is 14.1. The molecule has 0 aliphatic carbocycles. The molecule has 0 N–H and O–H groups in total. The lowest BCUT2D eigenvalue weighted by Gasteiger charge is -2.12. The highest BCUT2D eigenvalue weighted by Crippen LogP contribution is 2.30. The van der Waals surface area contributed by atoms with Gasteiger partial charge >= 0.3 is 0 Å². The van der Waals surface area contributed by atoms with Crippen LogP contribution in [0.1, 0.15) is 16.5 Å². The summed E-state index contributed by atoms with van der Waals surface area (Å²) in [7, 11) is 0. The summed E-state index contributed by atoms with van der Waals surface area (Å²) < 4.78 is 1.05. The van der Waals surface area contributed by atoms with E-state index in [1.807, 2.05) is 18.2 Å². The first-order valence-corrected chi connectivity index (χ1v) is 8.59. The van der Waals surface area contributed by atoms with Gasteiger partial charge in [0, 0.05) is 3.57 Å². The van der Waals surface area contributed by atoms with E-state index < -0.39 is 0 Å². The van der Waals surface area contributed by atoms with Gasteiger partial charge in [-0.1, -0.05) is 60.1 Å². The third-order valence-electron chi connectivity index (χ3n) is 3.53. The average Bonchev–Trinajstić information content (AvgIpc) is 2.50.